The largest absolute Gasteiger partial charge is 0.496 e. The molecule has 1 heterocycles. The van der Waals surface area contributed by atoms with E-state index in [2.05, 4.69) is 0 Å². The molecule has 1 aromatic heterocycles. The van der Waals surface area contributed by atoms with E-state index in [0.717, 1.165) is 5.56 Å². The molecule has 8 heteroatoms. The van der Waals surface area contributed by atoms with Crippen LogP contribution in [0.3, 0.4) is 0 Å². The Morgan fingerprint density at radius 1 is 1.14 bits per heavy atom. The van der Waals surface area contributed by atoms with Crippen molar-refractivity contribution in [2.75, 3.05) is 20.8 Å². The van der Waals surface area contributed by atoms with Crippen LogP contribution in [0.2, 0.25) is 0 Å². The Labute approximate surface area is 167 Å². The smallest absolute Gasteiger partial charge is 0.420 e. The molecule has 1 amide bonds. The Bertz CT molecular complexity index is 1080. The van der Waals surface area contributed by atoms with Crippen LogP contribution >= 0.6 is 0 Å². The molecule has 0 spiro atoms. The lowest BCUT2D eigenvalue weighted by Crippen LogP contribution is -2.33. The molecule has 3 aromatic rings. The fourth-order valence-electron chi connectivity index (χ4n) is 3.00. The van der Waals surface area contributed by atoms with Crippen LogP contribution in [0.4, 0.5) is 0 Å². The average molecular weight is 398 g/mol. The molecule has 2 aromatic carbocycles. The number of likely N-dealkylation sites (N-methyl/N-ethyl adjacent to an activating group) is 1. The number of amides is 1. The molecule has 0 saturated carbocycles. The van der Waals surface area contributed by atoms with Crippen molar-refractivity contribution >= 4 is 23.0 Å². The summed E-state index contributed by atoms with van der Waals surface area (Å²) in [5.74, 6) is -1.06. The third kappa shape index (κ3) is 4.31. The third-order valence-electron chi connectivity index (χ3n) is 4.61. The predicted molar refractivity (Wildman–Crippen MR) is 106 cm³/mol. The Morgan fingerprint density at radius 2 is 1.83 bits per heavy atom. The van der Waals surface area contributed by atoms with E-state index in [1.165, 1.54) is 16.4 Å². The van der Waals surface area contributed by atoms with Gasteiger partial charge >= 0.3 is 11.7 Å². The zero-order chi connectivity index (χ0) is 21.0. The quantitative estimate of drug-likeness (QED) is 0.568. The summed E-state index contributed by atoms with van der Waals surface area (Å²) in [5, 5.41) is 0. The van der Waals surface area contributed by atoms with Gasteiger partial charge in [-0.15, -0.1) is 0 Å². The number of nitrogens with zero attached hydrogens (tertiary/aromatic N) is 2. The molecule has 1 unspecified atom stereocenters. The molecule has 0 N–H and O–H groups in total. The maximum Gasteiger partial charge on any atom is 0.420 e. The first-order valence-electron chi connectivity index (χ1n) is 9.05. The second-order valence-electron chi connectivity index (χ2n) is 6.55. The summed E-state index contributed by atoms with van der Waals surface area (Å²) in [6, 6.07) is 13.2. The van der Waals surface area contributed by atoms with Crippen molar-refractivity contribution < 1.29 is 23.5 Å². The van der Waals surface area contributed by atoms with Gasteiger partial charge in [0.2, 0.25) is 0 Å². The first-order chi connectivity index (χ1) is 13.9. The molecular formula is C21H22N2O6. The van der Waals surface area contributed by atoms with Gasteiger partial charge < -0.3 is 18.8 Å². The average Bonchev–Trinajstić information content (AvgIpc) is 3.07. The lowest BCUT2D eigenvalue weighted by molar-refractivity contribution is -0.154. The van der Waals surface area contributed by atoms with E-state index in [9.17, 15) is 14.4 Å². The molecule has 0 aliphatic carbocycles. The molecule has 0 aliphatic rings. The van der Waals surface area contributed by atoms with Gasteiger partial charge in [0.25, 0.3) is 5.91 Å². The van der Waals surface area contributed by atoms with Crippen molar-refractivity contribution in [3.05, 3.63) is 64.6 Å². The summed E-state index contributed by atoms with van der Waals surface area (Å²) in [6.07, 6.45) is 0. The lowest BCUT2D eigenvalue weighted by atomic mass is 10.2. The molecule has 0 aliphatic heterocycles. The van der Waals surface area contributed by atoms with Crippen molar-refractivity contribution in [2.24, 2.45) is 0 Å². The van der Waals surface area contributed by atoms with Crippen molar-refractivity contribution in [3.63, 3.8) is 0 Å². The van der Waals surface area contributed by atoms with Gasteiger partial charge in [-0.3, -0.25) is 9.36 Å². The summed E-state index contributed by atoms with van der Waals surface area (Å²) in [6.45, 7) is 1.40. The molecule has 8 nitrogen and oxygen atoms in total. The van der Waals surface area contributed by atoms with E-state index in [1.807, 2.05) is 24.3 Å². The van der Waals surface area contributed by atoms with E-state index in [1.54, 1.807) is 38.4 Å². The van der Waals surface area contributed by atoms with Crippen LogP contribution in [0.1, 0.15) is 18.5 Å². The summed E-state index contributed by atoms with van der Waals surface area (Å²) in [5.41, 5.74) is 1.70. The summed E-state index contributed by atoms with van der Waals surface area (Å²) < 4.78 is 16.8. The van der Waals surface area contributed by atoms with Crippen LogP contribution in [0.25, 0.3) is 11.1 Å². The molecule has 152 valence electrons. The fraction of sp³-hybridized carbons (Fsp3) is 0.286. The van der Waals surface area contributed by atoms with Crippen molar-refractivity contribution in [3.8, 4) is 5.75 Å². The van der Waals surface area contributed by atoms with Crippen LogP contribution < -0.4 is 10.5 Å². The van der Waals surface area contributed by atoms with Gasteiger partial charge in [-0.25, -0.2) is 9.59 Å². The van der Waals surface area contributed by atoms with Crippen molar-refractivity contribution in [1.82, 2.24) is 9.47 Å². The molecule has 0 saturated heterocycles. The maximum atomic E-state index is 12.4. The topological polar surface area (TPSA) is 91.0 Å². The number of aromatic nitrogens is 1. The minimum absolute atomic E-state index is 0.307. The normalized spacial score (nSPS) is 11.8. The third-order valence-corrected chi connectivity index (χ3v) is 4.61. The molecule has 0 bridgehead atoms. The number of esters is 1. The Balaban J connectivity index is 1.63. The van der Waals surface area contributed by atoms with Crippen LogP contribution in [0.15, 0.2) is 57.7 Å². The zero-order valence-corrected chi connectivity index (χ0v) is 16.5. The van der Waals surface area contributed by atoms with Crippen LogP contribution in [-0.2, 0) is 20.9 Å². The summed E-state index contributed by atoms with van der Waals surface area (Å²) >= 11 is 0. The highest BCUT2D eigenvalue weighted by molar-refractivity contribution is 5.83. The number of hydrogen-bond acceptors (Lipinski definition) is 6. The van der Waals surface area contributed by atoms with Gasteiger partial charge in [0.15, 0.2) is 12.2 Å². The highest BCUT2D eigenvalue weighted by atomic mass is 16.5. The number of hydrogen-bond donors (Lipinski definition) is 0. The molecular weight excluding hydrogens is 376 g/mol. The minimum atomic E-state index is -0.932. The van der Waals surface area contributed by atoms with Gasteiger partial charge in [0, 0.05) is 19.2 Å². The number of methoxy groups -OCH3 is 1. The Kier molecular flexibility index (Phi) is 6.01. The first kappa shape index (κ1) is 20.2. The van der Waals surface area contributed by atoms with E-state index in [0.29, 0.717) is 23.4 Å². The fourth-order valence-corrected chi connectivity index (χ4v) is 3.00. The molecule has 29 heavy (non-hydrogen) atoms. The first-order valence-corrected chi connectivity index (χ1v) is 9.05. The lowest BCUT2D eigenvalue weighted by Gasteiger charge is -2.19. The molecule has 1 atom stereocenters. The van der Waals surface area contributed by atoms with E-state index in [-0.39, 0.29) is 5.91 Å². The number of para-hydroxylation sites is 3. The van der Waals surface area contributed by atoms with Gasteiger partial charge in [-0.05, 0) is 25.1 Å². The number of carbonyl (C=O) groups excluding carboxylic acids is 2. The number of carbonyl (C=O) groups is 2. The molecule has 3 rings (SSSR count). The van der Waals surface area contributed by atoms with Gasteiger partial charge in [0.05, 0.1) is 12.6 Å². The van der Waals surface area contributed by atoms with E-state index in [4.69, 9.17) is 13.9 Å². The van der Waals surface area contributed by atoms with E-state index >= 15 is 0 Å². The van der Waals surface area contributed by atoms with Gasteiger partial charge in [0.1, 0.15) is 11.8 Å². The van der Waals surface area contributed by atoms with Crippen LogP contribution in [-0.4, -0.2) is 42.1 Å². The van der Waals surface area contributed by atoms with Crippen molar-refractivity contribution in [2.45, 2.75) is 19.5 Å². The number of fused-ring (bicyclic) bond motifs is 1. The Morgan fingerprint density at radius 3 is 2.59 bits per heavy atom. The second kappa shape index (κ2) is 8.64. The highest BCUT2D eigenvalue weighted by Crippen LogP contribution is 2.19. The van der Waals surface area contributed by atoms with Crippen LogP contribution in [0, 0.1) is 0 Å². The van der Waals surface area contributed by atoms with Crippen LogP contribution in [0.5, 0.6) is 5.75 Å². The molecule has 0 radical (unpaired) electrons. The minimum Gasteiger partial charge on any atom is -0.496 e. The Hall–Kier alpha value is -3.55. The number of ether oxygens (including phenoxy) is 2. The molecule has 0 fully saturated rings. The standard InChI is InChI=1S/C21H22N2O6/c1-14(23-16-9-5-7-11-18(16)29-21(23)26)20(25)28-13-19(24)22(2)12-15-8-4-6-10-17(15)27-3/h4-11,14H,12-13H2,1-3H3. The maximum absolute atomic E-state index is 12.4. The summed E-state index contributed by atoms with van der Waals surface area (Å²) in [7, 11) is 3.17. The van der Waals surface area contributed by atoms with Crippen molar-refractivity contribution in [1.29, 1.82) is 0 Å². The number of rotatable bonds is 7. The van der Waals surface area contributed by atoms with Gasteiger partial charge in [-0.1, -0.05) is 30.3 Å². The monoisotopic (exact) mass is 398 g/mol. The number of benzene rings is 2. The zero-order valence-electron chi connectivity index (χ0n) is 16.5. The predicted octanol–water partition coefficient (Wildman–Crippen LogP) is 2.37. The van der Waals surface area contributed by atoms with E-state index < -0.39 is 24.4 Å². The van der Waals surface area contributed by atoms with Gasteiger partial charge in [-0.2, -0.15) is 0 Å². The summed E-state index contributed by atoms with van der Waals surface area (Å²) in [4.78, 5) is 38.3. The second-order valence-corrected chi connectivity index (χ2v) is 6.55. The SMILES string of the molecule is COc1ccccc1CN(C)C(=O)COC(=O)C(C)n1c(=O)oc2ccccc21. The highest BCUT2D eigenvalue weighted by Gasteiger charge is 2.24. The number of oxazole rings is 1.